The van der Waals surface area contributed by atoms with E-state index < -0.39 is 15.8 Å². The number of halogens is 1. The van der Waals surface area contributed by atoms with Crippen LogP contribution in [0.1, 0.15) is 6.42 Å². The molecule has 0 amide bonds. The Morgan fingerprint density at radius 2 is 2.05 bits per heavy atom. The van der Waals surface area contributed by atoms with Crippen molar-refractivity contribution in [2.75, 3.05) is 25.9 Å². The van der Waals surface area contributed by atoms with Gasteiger partial charge in [-0.25, -0.2) is 8.42 Å². The largest absolute Gasteiger partial charge is 0.481 e. The monoisotopic (exact) mass is 349 g/mol. The SMILES string of the molecule is CN(CCC(=O)O)CCS(=O)(=O)c1cccc(Br)c1. The summed E-state index contributed by atoms with van der Waals surface area (Å²) in [6, 6.07) is 6.55. The van der Waals surface area contributed by atoms with Crippen molar-refractivity contribution in [1.82, 2.24) is 4.90 Å². The van der Waals surface area contributed by atoms with Crippen molar-refractivity contribution in [3.63, 3.8) is 0 Å². The van der Waals surface area contributed by atoms with Crippen LogP contribution in [0.15, 0.2) is 33.6 Å². The van der Waals surface area contributed by atoms with E-state index in [0.717, 1.165) is 0 Å². The molecule has 5 nitrogen and oxygen atoms in total. The first kappa shape index (κ1) is 16.1. The van der Waals surface area contributed by atoms with E-state index in [1.165, 1.54) is 0 Å². The Balaban J connectivity index is 2.58. The second-order valence-electron chi connectivity index (χ2n) is 4.22. The Morgan fingerprint density at radius 3 is 2.63 bits per heavy atom. The van der Waals surface area contributed by atoms with E-state index in [-0.39, 0.29) is 17.1 Å². The summed E-state index contributed by atoms with van der Waals surface area (Å²) in [5.74, 6) is -0.916. The summed E-state index contributed by atoms with van der Waals surface area (Å²) in [6.07, 6.45) is 0.00737. The van der Waals surface area contributed by atoms with Crippen molar-refractivity contribution in [1.29, 1.82) is 0 Å². The van der Waals surface area contributed by atoms with Crippen LogP contribution in [0.2, 0.25) is 0 Å². The molecule has 0 fully saturated rings. The summed E-state index contributed by atoms with van der Waals surface area (Å²) in [4.78, 5) is 12.4. The molecule has 0 spiro atoms. The van der Waals surface area contributed by atoms with Gasteiger partial charge in [0.25, 0.3) is 0 Å². The molecule has 0 aliphatic carbocycles. The highest BCUT2D eigenvalue weighted by Gasteiger charge is 2.15. The van der Waals surface area contributed by atoms with Crippen LogP contribution < -0.4 is 0 Å². The first-order valence-electron chi connectivity index (χ1n) is 5.70. The standard InChI is InChI=1S/C12H16BrNO4S/c1-14(6-5-12(15)16)7-8-19(17,18)11-4-2-3-10(13)9-11/h2-4,9H,5-8H2,1H3,(H,15,16). The molecule has 0 saturated carbocycles. The third kappa shape index (κ3) is 5.71. The van der Waals surface area contributed by atoms with Crippen LogP contribution >= 0.6 is 15.9 Å². The molecule has 0 aliphatic heterocycles. The predicted octanol–water partition coefficient (Wildman–Crippen LogP) is 1.63. The number of aliphatic carboxylic acids is 1. The molecule has 0 aliphatic rings. The van der Waals surface area contributed by atoms with Gasteiger partial charge in [-0.1, -0.05) is 22.0 Å². The quantitative estimate of drug-likeness (QED) is 0.809. The molecular weight excluding hydrogens is 334 g/mol. The number of sulfone groups is 1. The molecule has 19 heavy (non-hydrogen) atoms. The average molecular weight is 350 g/mol. The highest BCUT2D eigenvalue weighted by molar-refractivity contribution is 9.10. The summed E-state index contributed by atoms with van der Waals surface area (Å²) < 4.78 is 24.8. The molecular formula is C12H16BrNO4S. The lowest BCUT2D eigenvalue weighted by atomic mass is 10.4. The Bertz CT molecular complexity index is 544. The van der Waals surface area contributed by atoms with E-state index in [9.17, 15) is 13.2 Å². The number of hydrogen-bond donors (Lipinski definition) is 1. The number of benzene rings is 1. The van der Waals surface area contributed by atoms with Gasteiger partial charge in [0.2, 0.25) is 0 Å². The minimum absolute atomic E-state index is 0.00737. The topological polar surface area (TPSA) is 74.7 Å². The van der Waals surface area contributed by atoms with Crippen LogP contribution in [0.25, 0.3) is 0 Å². The number of carboxylic acids is 1. The molecule has 7 heteroatoms. The highest BCUT2D eigenvalue weighted by Crippen LogP contribution is 2.17. The second-order valence-corrected chi connectivity index (χ2v) is 7.25. The summed E-state index contributed by atoms with van der Waals surface area (Å²) in [5, 5.41) is 8.55. The Hall–Kier alpha value is -0.920. The van der Waals surface area contributed by atoms with Crippen LogP contribution in [0.4, 0.5) is 0 Å². The minimum atomic E-state index is -3.34. The van der Waals surface area contributed by atoms with Crippen LogP contribution in [0.3, 0.4) is 0 Å². The Morgan fingerprint density at radius 1 is 1.37 bits per heavy atom. The molecule has 0 heterocycles. The van der Waals surface area contributed by atoms with Gasteiger partial charge >= 0.3 is 5.97 Å². The van der Waals surface area contributed by atoms with E-state index >= 15 is 0 Å². The predicted molar refractivity (Wildman–Crippen MR) is 75.9 cm³/mol. The molecule has 1 N–H and O–H groups in total. The molecule has 1 rings (SSSR count). The number of carbonyl (C=O) groups is 1. The maximum absolute atomic E-state index is 12.1. The van der Waals surface area contributed by atoms with Gasteiger partial charge < -0.3 is 10.0 Å². The zero-order valence-corrected chi connectivity index (χ0v) is 12.9. The van der Waals surface area contributed by atoms with Gasteiger partial charge in [0.15, 0.2) is 9.84 Å². The van der Waals surface area contributed by atoms with E-state index in [4.69, 9.17) is 5.11 Å². The van der Waals surface area contributed by atoms with Crippen molar-refractivity contribution in [3.8, 4) is 0 Å². The van der Waals surface area contributed by atoms with Crippen LogP contribution in [-0.4, -0.2) is 50.3 Å². The first-order chi connectivity index (χ1) is 8.81. The molecule has 0 unspecified atom stereocenters. The fourth-order valence-electron chi connectivity index (χ4n) is 1.45. The van der Waals surface area contributed by atoms with Crippen molar-refractivity contribution in [3.05, 3.63) is 28.7 Å². The summed E-state index contributed by atoms with van der Waals surface area (Å²) in [7, 11) is -1.63. The molecule has 0 bridgehead atoms. The van der Waals surface area contributed by atoms with Gasteiger partial charge in [0.05, 0.1) is 17.1 Å². The van der Waals surface area contributed by atoms with E-state index in [1.807, 2.05) is 0 Å². The smallest absolute Gasteiger partial charge is 0.304 e. The average Bonchev–Trinajstić information content (AvgIpc) is 2.34. The number of nitrogens with zero attached hydrogens (tertiary/aromatic N) is 1. The molecule has 0 radical (unpaired) electrons. The number of rotatable bonds is 7. The van der Waals surface area contributed by atoms with Crippen LogP contribution in [-0.2, 0) is 14.6 Å². The maximum Gasteiger partial charge on any atom is 0.304 e. The third-order valence-corrected chi connectivity index (χ3v) is 4.79. The number of hydrogen-bond acceptors (Lipinski definition) is 4. The third-order valence-electron chi connectivity index (χ3n) is 2.60. The first-order valence-corrected chi connectivity index (χ1v) is 8.14. The normalized spacial score (nSPS) is 11.7. The van der Waals surface area contributed by atoms with Crippen molar-refractivity contribution in [2.24, 2.45) is 0 Å². The van der Waals surface area contributed by atoms with Crippen LogP contribution in [0.5, 0.6) is 0 Å². The minimum Gasteiger partial charge on any atom is -0.481 e. The van der Waals surface area contributed by atoms with Gasteiger partial charge in [-0.05, 0) is 25.2 Å². The number of carboxylic acid groups (broad SMARTS) is 1. The molecule has 0 atom stereocenters. The molecule has 106 valence electrons. The fraction of sp³-hybridized carbons (Fsp3) is 0.417. The summed E-state index contributed by atoms with van der Waals surface area (Å²) in [6.45, 7) is 0.644. The van der Waals surface area contributed by atoms with Crippen molar-refractivity contribution < 1.29 is 18.3 Å². The van der Waals surface area contributed by atoms with Gasteiger partial charge in [-0.2, -0.15) is 0 Å². The molecule has 1 aromatic rings. The maximum atomic E-state index is 12.1. The zero-order valence-electron chi connectivity index (χ0n) is 10.5. The lowest BCUT2D eigenvalue weighted by Gasteiger charge is -2.15. The van der Waals surface area contributed by atoms with Crippen molar-refractivity contribution >= 4 is 31.7 Å². The van der Waals surface area contributed by atoms with Gasteiger partial charge in [-0.15, -0.1) is 0 Å². The second kappa shape index (κ2) is 7.02. The van der Waals surface area contributed by atoms with Gasteiger partial charge in [0, 0.05) is 17.6 Å². The van der Waals surface area contributed by atoms with E-state index in [0.29, 0.717) is 17.6 Å². The van der Waals surface area contributed by atoms with E-state index in [2.05, 4.69) is 15.9 Å². The van der Waals surface area contributed by atoms with Crippen LogP contribution in [0, 0.1) is 0 Å². The van der Waals surface area contributed by atoms with Gasteiger partial charge in [0.1, 0.15) is 0 Å². The lowest BCUT2D eigenvalue weighted by molar-refractivity contribution is -0.137. The lowest BCUT2D eigenvalue weighted by Crippen LogP contribution is -2.27. The highest BCUT2D eigenvalue weighted by atomic mass is 79.9. The Kier molecular flexibility index (Phi) is 5.96. The summed E-state index contributed by atoms with van der Waals surface area (Å²) >= 11 is 3.24. The fourth-order valence-corrected chi connectivity index (χ4v) is 3.38. The molecule has 0 aromatic heterocycles. The van der Waals surface area contributed by atoms with E-state index in [1.54, 1.807) is 36.2 Å². The zero-order chi connectivity index (χ0) is 14.5. The molecule has 0 saturated heterocycles. The van der Waals surface area contributed by atoms with Crippen molar-refractivity contribution in [2.45, 2.75) is 11.3 Å². The Labute approximate surface area is 121 Å². The summed E-state index contributed by atoms with van der Waals surface area (Å²) in [5.41, 5.74) is 0. The van der Waals surface area contributed by atoms with Gasteiger partial charge in [-0.3, -0.25) is 4.79 Å². The molecule has 1 aromatic carbocycles.